The Morgan fingerprint density at radius 3 is 2.84 bits per heavy atom. The molecule has 102 valence electrons. The molecule has 0 amide bonds. The molecular weight excluding hydrogens is 244 g/mol. The lowest BCUT2D eigenvalue weighted by atomic mass is 9.83. The van der Waals surface area contributed by atoms with Crippen LogP contribution in [-0.2, 0) is 19.1 Å². The second-order valence-electron chi connectivity index (χ2n) is 5.70. The van der Waals surface area contributed by atoms with E-state index in [2.05, 4.69) is 13.0 Å². The molecule has 4 heteroatoms. The Hall–Kier alpha value is -1.58. The first kappa shape index (κ1) is 12.5. The number of carbonyl (C=O) groups is 2. The summed E-state index contributed by atoms with van der Waals surface area (Å²) in [5.74, 6) is -0.691. The van der Waals surface area contributed by atoms with E-state index >= 15 is 0 Å². The van der Waals surface area contributed by atoms with Crippen LogP contribution in [0.3, 0.4) is 0 Å². The fourth-order valence-corrected chi connectivity index (χ4v) is 3.24. The van der Waals surface area contributed by atoms with Crippen molar-refractivity contribution in [2.75, 3.05) is 0 Å². The van der Waals surface area contributed by atoms with Crippen molar-refractivity contribution in [2.24, 2.45) is 11.8 Å². The number of fused-ring (bicyclic) bond motifs is 3. The second kappa shape index (κ2) is 4.51. The normalized spacial score (nSPS) is 40.7. The van der Waals surface area contributed by atoms with E-state index in [-0.39, 0.29) is 36.0 Å². The third kappa shape index (κ3) is 2.09. The van der Waals surface area contributed by atoms with Crippen molar-refractivity contribution in [1.29, 1.82) is 0 Å². The Morgan fingerprint density at radius 1 is 1.26 bits per heavy atom. The molecule has 2 heterocycles. The zero-order valence-corrected chi connectivity index (χ0v) is 11.2. The average molecular weight is 262 g/mol. The summed E-state index contributed by atoms with van der Waals surface area (Å²) in [4.78, 5) is 23.6. The van der Waals surface area contributed by atoms with Gasteiger partial charge in [-0.3, -0.25) is 4.79 Å². The predicted molar refractivity (Wildman–Crippen MR) is 68.1 cm³/mol. The van der Waals surface area contributed by atoms with Crippen LogP contribution in [0.1, 0.15) is 33.1 Å². The Kier molecular flexibility index (Phi) is 2.96. The maximum Gasteiger partial charge on any atom is 0.334 e. The van der Waals surface area contributed by atoms with Crippen molar-refractivity contribution >= 4 is 11.9 Å². The minimum Gasteiger partial charge on any atom is -0.461 e. The Labute approximate surface area is 112 Å². The standard InChI is InChI=1S/C15H18O4/c1-8-4-3-5-10-7-12(19-15(10)17)13-9(2)14(16)18-11(13)6-8/h4,7,9,11-13H,3,5-6H2,1-2H3/b8-4+. The third-order valence-corrected chi connectivity index (χ3v) is 4.33. The number of esters is 2. The van der Waals surface area contributed by atoms with Crippen molar-refractivity contribution in [3.63, 3.8) is 0 Å². The van der Waals surface area contributed by atoms with Gasteiger partial charge in [-0.2, -0.15) is 0 Å². The van der Waals surface area contributed by atoms with Gasteiger partial charge in [-0.1, -0.05) is 18.6 Å². The highest BCUT2D eigenvalue weighted by molar-refractivity contribution is 5.91. The van der Waals surface area contributed by atoms with E-state index in [0.717, 1.165) is 18.4 Å². The molecule has 0 radical (unpaired) electrons. The molecule has 4 unspecified atom stereocenters. The predicted octanol–water partition coefficient (Wildman–Crippen LogP) is 2.15. The summed E-state index contributed by atoms with van der Waals surface area (Å²) < 4.78 is 10.9. The molecule has 1 aliphatic carbocycles. The molecule has 0 spiro atoms. The third-order valence-electron chi connectivity index (χ3n) is 4.33. The summed E-state index contributed by atoms with van der Waals surface area (Å²) in [7, 11) is 0. The molecule has 3 rings (SSSR count). The zero-order valence-electron chi connectivity index (χ0n) is 11.2. The van der Waals surface area contributed by atoms with Crippen LogP contribution in [0.4, 0.5) is 0 Å². The van der Waals surface area contributed by atoms with Crippen molar-refractivity contribution in [2.45, 2.75) is 45.3 Å². The van der Waals surface area contributed by atoms with E-state index in [9.17, 15) is 9.59 Å². The SMILES string of the molecule is C/C1=C\CCC2=CC(OC2=O)C2C(C1)OC(=O)C2C. The van der Waals surface area contributed by atoms with Gasteiger partial charge in [-0.25, -0.2) is 4.79 Å². The Morgan fingerprint density at radius 2 is 2.05 bits per heavy atom. The first-order valence-corrected chi connectivity index (χ1v) is 6.84. The molecule has 0 saturated carbocycles. The number of hydrogen-bond donors (Lipinski definition) is 0. The monoisotopic (exact) mass is 262 g/mol. The van der Waals surface area contributed by atoms with Gasteiger partial charge in [-0.15, -0.1) is 0 Å². The lowest BCUT2D eigenvalue weighted by Gasteiger charge is -2.24. The van der Waals surface area contributed by atoms with Crippen molar-refractivity contribution < 1.29 is 19.1 Å². The molecule has 1 fully saturated rings. The Balaban J connectivity index is 1.96. The van der Waals surface area contributed by atoms with Gasteiger partial charge >= 0.3 is 11.9 Å². The van der Waals surface area contributed by atoms with E-state index in [0.29, 0.717) is 6.42 Å². The summed E-state index contributed by atoms with van der Waals surface area (Å²) in [6.07, 6.45) is 5.82. The Bertz CT molecular complexity index is 488. The summed E-state index contributed by atoms with van der Waals surface area (Å²) in [5.41, 5.74) is 1.95. The van der Waals surface area contributed by atoms with Gasteiger partial charge in [0, 0.05) is 12.0 Å². The van der Waals surface area contributed by atoms with Gasteiger partial charge in [0.2, 0.25) is 0 Å². The van der Waals surface area contributed by atoms with Crippen molar-refractivity contribution in [1.82, 2.24) is 0 Å². The van der Waals surface area contributed by atoms with Crippen LogP contribution in [0.15, 0.2) is 23.3 Å². The van der Waals surface area contributed by atoms with E-state index in [1.54, 1.807) is 0 Å². The number of ether oxygens (including phenoxy) is 2. The minimum absolute atomic E-state index is 0.0598. The van der Waals surface area contributed by atoms with Gasteiger partial charge in [0.25, 0.3) is 0 Å². The van der Waals surface area contributed by atoms with Gasteiger partial charge < -0.3 is 9.47 Å². The van der Waals surface area contributed by atoms with E-state index < -0.39 is 0 Å². The largest absolute Gasteiger partial charge is 0.461 e. The fourth-order valence-electron chi connectivity index (χ4n) is 3.24. The second-order valence-corrected chi connectivity index (χ2v) is 5.70. The molecule has 0 aromatic heterocycles. The quantitative estimate of drug-likeness (QED) is 0.496. The van der Waals surface area contributed by atoms with Crippen LogP contribution < -0.4 is 0 Å². The van der Waals surface area contributed by atoms with Gasteiger partial charge in [0.15, 0.2) is 0 Å². The maximum atomic E-state index is 11.8. The van der Waals surface area contributed by atoms with Crippen LogP contribution in [-0.4, -0.2) is 24.1 Å². The molecule has 4 atom stereocenters. The smallest absolute Gasteiger partial charge is 0.334 e. The number of rotatable bonds is 0. The molecule has 0 aromatic rings. The van der Waals surface area contributed by atoms with Crippen LogP contribution >= 0.6 is 0 Å². The molecule has 2 aliphatic heterocycles. The summed E-state index contributed by atoms with van der Waals surface area (Å²) in [6, 6.07) is 0. The minimum atomic E-state index is -0.306. The van der Waals surface area contributed by atoms with Crippen molar-refractivity contribution in [3.8, 4) is 0 Å². The molecule has 3 aliphatic rings. The van der Waals surface area contributed by atoms with Crippen molar-refractivity contribution in [3.05, 3.63) is 23.3 Å². The average Bonchev–Trinajstić information content (AvgIpc) is 2.81. The molecular formula is C15H18O4. The molecule has 0 aromatic carbocycles. The summed E-state index contributed by atoms with van der Waals surface area (Å²) in [5, 5.41) is 0. The highest BCUT2D eigenvalue weighted by Crippen LogP contribution is 2.39. The van der Waals surface area contributed by atoms with Gasteiger partial charge in [0.05, 0.1) is 11.8 Å². The number of allylic oxidation sites excluding steroid dienone is 1. The first-order valence-electron chi connectivity index (χ1n) is 6.84. The lowest BCUT2D eigenvalue weighted by Crippen LogP contribution is -2.32. The molecule has 2 bridgehead atoms. The van der Waals surface area contributed by atoms with Crippen LogP contribution in [0.25, 0.3) is 0 Å². The molecule has 0 N–H and O–H groups in total. The van der Waals surface area contributed by atoms with E-state index in [1.165, 1.54) is 5.57 Å². The topological polar surface area (TPSA) is 52.6 Å². The van der Waals surface area contributed by atoms with E-state index in [1.807, 2.05) is 13.0 Å². The number of hydrogen-bond acceptors (Lipinski definition) is 4. The summed E-state index contributed by atoms with van der Waals surface area (Å²) >= 11 is 0. The highest BCUT2D eigenvalue weighted by Gasteiger charge is 2.48. The van der Waals surface area contributed by atoms with Crippen LogP contribution in [0.2, 0.25) is 0 Å². The number of carbonyl (C=O) groups excluding carboxylic acids is 2. The maximum absolute atomic E-state index is 11.8. The van der Waals surface area contributed by atoms with Gasteiger partial charge in [0.1, 0.15) is 12.2 Å². The highest BCUT2D eigenvalue weighted by atomic mass is 16.6. The van der Waals surface area contributed by atoms with Crippen LogP contribution in [0.5, 0.6) is 0 Å². The lowest BCUT2D eigenvalue weighted by molar-refractivity contribution is -0.143. The first-order chi connectivity index (χ1) is 9.06. The molecule has 4 nitrogen and oxygen atoms in total. The molecule has 19 heavy (non-hydrogen) atoms. The molecule has 1 saturated heterocycles. The summed E-state index contributed by atoms with van der Waals surface area (Å²) in [6.45, 7) is 3.91. The van der Waals surface area contributed by atoms with Gasteiger partial charge in [-0.05, 0) is 25.8 Å². The zero-order chi connectivity index (χ0) is 13.6. The fraction of sp³-hybridized carbons (Fsp3) is 0.600. The van der Waals surface area contributed by atoms with Crippen LogP contribution in [0, 0.1) is 11.8 Å². The van der Waals surface area contributed by atoms with E-state index in [4.69, 9.17) is 9.47 Å².